The van der Waals surface area contributed by atoms with E-state index in [0.29, 0.717) is 11.1 Å². The maximum absolute atomic E-state index is 11.1. The first-order valence-corrected chi connectivity index (χ1v) is 6.30. The Morgan fingerprint density at radius 2 is 1.95 bits per heavy atom. The summed E-state index contributed by atoms with van der Waals surface area (Å²) in [7, 11) is 0. The Bertz CT molecular complexity index is 736. The molecule has 106 valence electrons. The Kier molecular flexibility index (Phi) is 4.13. The molecular formula is C16H14N2O3. The lowest BCUT2D eigenvalue weighted by atomic mass is 10.1. The molecule has 2 aromatic rings. The number of amides is 1. The average Bonchev–Trinajstić information content (AvgIpc) is 2.46. The van der Waals surface area contributed by atoms with Crippen molar-refractivity contribution in [1.29, 1.82) is 0 Å². The van der Waals surface area contributed by atoms with Gasteiger partial charge in [-0.25, -0.2) is 0 Å². The van der Waals surface area contributed by atoms with E-state index in [1.807, 2.05) is 6.07 Å². The van der Waals surface area contributed by atoms with Crippen LogP contribution in [0, 0.1) is 17.0 Å². The summed E-state index contributed by atoms with van der Waals surface area (Å²) in [4.78, 5) is 21.7. The third-order valence-electron chi connectivity index (χ3n) is 3.01. The van der Waals surface area contributed by atoms with Crippen molar-refractivity contribution < 1.29 is 9.72 Å². The monoisotopic (exact) mass is 282 g/mol. The number of carbonyl (C=O) groups excluding carboxylic acids is 1. The van der Waals surface area contributed by atoms with Gasteiger partial charge in [-0.3, -0.25) is 14.9 Å². The Hall–Kier alpha value is -2.95. The summed E-state index contributed by atoms with van der Waals surface area (Å²) in [5, 5.41) is 11.0. The first kappa shape index (κ1) is 14.5. The van der Waals surface area contributed by atoms with Crippen LogP contribution in [0.25, 0.3) is 12.2 Å². The summed E-state index contributed by atoms with van der Waals surface area (Å²) in [6, 6.07) is 11.8. The average molecular weight is 282 g/mol. The molecule has 0 unspecified atom stereocenters. The minimum Gasteiger partial charge on any atom is -0.366 e. The minimum absolute atomic E-state index is 0.0531. The van der Waals surface area contributed by atoms with Crippen molar-refractivity contribution in [3.05, 3.63) is 74.8 Å². The van der Waals surface area contributed by atoms with Crippen molar-refractivity contribution in [3.8, 4) is 0 Å². The van der Waals surface area contributed by atoms with Crippen LogP contribution in [-0.2, 0) is 0 Å². The van der Waals surface area contributed by atoms with Crippen LogP contribution in [0.15, 0.2) is 42.5 Å². The van der Waals surface area contributed by atoms with Gasteiger partial charge in [0.2, 0.25) is 5.91 Å². The number of aryl methyl sites for hydroxylation is 1. The van der Waals surface area contributed by atoms with E-state index in [0.717, 1.165) is 11.1 Å². The lowest BCUT2D eigenvalue weighted by Gasteiger charge is -2.00. The third-order valence-corrected chi connectivity index (χ3v) is 3.01. The van der Waals surface area contributed by atoms with E-state index < -0.39 is 10.8 Å². The Morgan fingerprint density at radius 3 is 2.62 bits per heavy atom. The van der Waals surface area contributed by atoms with Gasteiger partial charge in [0, 0.05) is 11.6 Å². The van der Waals surface area contributed by atoms with Crippen molar-refractivity contribution in [1.82, 2.24) is 0 Å². The molecular weight excluding hydrogens is 268 g/mol. The Labute approximate surface area is 121 Å². The van der Waals surface area contributed by atoms with Gasteiger partial charge in [-0.05, 0) is 42.3 Å². The molecule has 0 aliphatic carbocycles. The second kappa shape index (κ2) is 6.00. The van der Waals surface area contributed by atoms with Gasteiger partial charge in [-0.15, -0.1) is 0 Å². The second-order valence-electron chi connectivity index (χ2n) is 4.64. The summed E-state index contributed by atoms with van der Waals surface area (Å²) < 4.78 is 0. The fourth-order valence-corrected chi connectivity index (χ4v) is 1.93. The molecule has 2 N–H and O–H groups in total. The van der Waals surface area contributed by atoms with Gasteiger partial charge in [0.1, 0.15) is 0 Å². The summed E-state index contributed by atoms with van der Waals surface area (Å²) in [5.41, 5.74) is 7.76. The number of carbonyl (C=O) groups is 1. The SMILES string of the molecule is Cc1ccc(/C=C/c2cccc(C(N)=O)c2)c([N+](=O)[O-])c1. The Balaban J connectivity index is 2.35. The van der Waals surface area contributed by atoms with Crippen LogP contribution in [0.1, 0.15) is 27.0 Å². The number of nitrogens with zero attached hydrogens (tertiary/aromatic N) is 1. The third kappa shape index (κ3) is 3.54. The van der Waals surface area contributed by atoms with Gasteiger partial charge >= 0.3 is 0 Å². The van der Waals surface area contributed by atoms with Gasteiger partial charge in [0.25, 0.3) is 5.69 Å². The maximum atomic E-state index is 11.1. The van der Waals surface area contributed by atoms with E-state index in [1.165, 1.54) is 6.07 Å². The first-order valence-electron chi connectivity index (χ1n) is 6.30. The number of rotatable bonds is 4. The molecule has 5 heteroatoms. The smallest absolute Gasteiger partial charge is 0.276 e. The molecule has 0 aliphatic rings. The number of hydrogen-bond donors (Lipinski definition) is 1. The van der Waals surface area contributed by atoms with E-state index in [4.69, 9.17) is 5.73 Å². The van der Waals surface area contributed by atoms with E-state index in [1.54, 1.807) is 49.4 Å². The zero-order valence-electron chi connectivity index (χ0n) is 11.4. The van der Waals surface area contributed by atoms with Crippen LogP contribution in [0.3, 0.4) is 0 Å². The fraction of sp³-hybridized carbons (Fsp3) is 0.0625. The van der Waals surface area contributed by atoms with Crippen molar-refractivity contribution in [2.45, 2.75) is 6.92 Å². The molecule has 0 saturated carbocycles. The summed E-state index contributed by atoms with van der Waals surface area (Å²) in [5.74, 6) is -0.508. The molecule has 21 heavy (non-hydrogen) atoms. The minimum atomic E-state index is -0.508. The predicted octanol–water partition coefficient (Wildman–Crippen LogP) is 3.17. The van der Waals surface area contributed by atoms with E-state index in [9.17, 15) is 14.9 Å². The molecule has 2 aromatic carbocycles. The molecule has 0 saturated heterocycles. The summed E-state index contributed by atoms with van der Waals surface area (Å²) in [6.07, 6.45) is 3.36. The van der Waals surface area contributed by atoms with Gasteiger partial charge in [0.15, 0.2) is 0 Å². The zero-order valence-corrected chi connectivity index (χ0v) is 11.4. The quantitative estimate of drug-likeness (QED) is 0.531. The number of primary amides is 1. The number of nitro groups is 1. The predicted molar refractivity (Wildman–Crippen MR) is 81.7 cm³/mol. The van der Waals surface area contributed by atoms with Crippen LogP contribution in [0.2, 0.25) is 0 Å². The topological polar surface area (TPSA) is 86.2 Å². The van der Waals surface area contributed by atoms with Crippen LogP contribution in [0.5, 0.6) is 0 Å². The molecule has 2 rings (SSSR count). The first-order chi connectivity index (χ1) is 9.97. The van der Waals surface area contributed by atoms with Crippen molar-refractivity contribution in [2.75, 3.05) is 0 Å². The summed E-state index contributed by atoms with van der Waals surface area (Å²) in [6.45, 7) is 1.80. The molecule has 1 amide bonds. The number of hydrogen-bond acceptors (Lipinski definition) is 3. The molecule has 0 spiro atoms. The van der Waals surface area contributed by atoms with Gasteiger partial charge < -0.3 is 5.73 Å². The molecule has 0 fully saturated rings. The van der Waals surface area contributed by atoms with Crippen LogP contribution in [0.4, 0.5) is 5.69 Å². The number of benzene rings is 2. The zero-order chi connectivity index (χ0) is 15.4. The van der Waals surface area contributed by atoms with Gasteiger partial charge in [-0.1, -0.05) is 24.3 Å². The highest BCUT2D eigenvalue weighted by Crippen LogP contribution is 2.22. The molecule has 5 nitrogen and oxygen atoms in total. The highest BCUT2D eigenvalue weighted by atomic mass is 16.6. The van der Waals surface area contributed by atoms with Crippen LogP contribution < -0.4 is 5.73 Å². The van der Waals surface area contributed by atoms with Gasteiger partial charge in [-0.2, -0.15) is 0 Å². The fourth-order valence-electron chi connectivity index (χ4n) is 1.93. The van der Waals surface area contributed by atoms with Crippen LogP contribution >= 0.6 is 0 Å². The van der Waals surface area contributed by atoms with E-state index in [2.05, 4.69) is 0 Å². The molecule has 0 aromatic heterocycles. The largest absolute Gasteiger partial charge is 0.366 e. The van der Waals surface area contributed by atoms with Crippen molar-refractivity contribution >= 4 is 23.7 Å². The molecule has 0 radical (unpaired) electrons. The highest BCUT2D eigenvalue weighted by Gasteiger charge is 2.11. The lowest BCUT2D eigenvalue weighted by Crippen LogP contribution is -2.10. The van der Waals surface area contributed by atoms with Gasteiger partial charge in [0.05, 0.1) is 10.5 Å². The van der Waals surface area contributed by atoms with E-state index >= 15 is 0 Å². The van der Waals surface area contributed by atoms with Crippen molar-refractivity contribution in [2.24, 2.45) is 5.73 Å². The number of nitro benzene ring substituents is 1. The Morgan fingerprint density at radius 1 is 1.19 bits per heavy atom. The molecule has 0 aliphatic heterocycles. The second-order valence-corrected chi connectivity index (χ2v) is 4.64. The molecule has 0 bridgehead atoms. The highest BCUT2D eigenvalue weighted by molar-refractivity contribution is 5.93. The normalized spacial score (nSPS) is 10.7. The standard InChI is InChI=1S/C16H14N2O3/c1-11-5-7-13(15(9-11)18(20)21)8-6-12-3-2-4-14(10-12)16(17)19/h2-10H,1H3,(H2,17,19)/b8-6+. The summed E-state index contributed by atoms with van der Waals surface area (Å²) >= 11 is 0. The maximum Gasteiger partial charge on any atom is 0.276 e. The van der Waals surface area contributed by atoms with Crippen molar-refractivity contribution in [3.63, 3.8) is 0 Å². The van der Waals surface area contributed by atoms with Crippen LogP contribution in [-0.4, -0.2) is 10.8 Å². The molecule has 0 atom stereocenters. The lowest BCUT2D eigenvalue weighted by molar-refractivity contribution is -0.385. The number of nitrogens with two attached hydrogens (primary N) is 1. The van der Waals surface area contributed by atoms with E-state index in [-0.39, 0.29) is 5.69 Å². The molecule has 0 heterocycles.